The Morgan fingerprint density at radius 2 is 1.81 bits per heavy atom. The van der Waals surface area contributed by atoms with E-state index in [1.165, 1.54) is 12.3 Å². The molecule has 0 spiro atoms. The van der Waals surface area contributed by atoms with E-state index in [2.05, 4.69) is 20.5 Å². The zero-order chi connectivity index (χ0) is 14.7. The van der Waals surface area contributed by atoms with Crippen molar-refractivity contribution in [1.82, 2.24) is 9.97 Å². The number of rotatable bonds is 3. The minimum atomic E-state index is -0.339. The molecule has 3 aromatic rings. The highest BCUT2D eigenvalue weighted by atomic mass is 35.5. The molecule has 0 saturated heterocycles. The summed E-state index contributed by atoms with van der Waals surface area (Å²) in [5, 5.41) is 4.91. The molecule has 0 aliphatic heterocycles. The van der Waals surface area contributed by atoms with Gasteiger partial charge in [-0.3, -0.25) is 5.43 Å². The molecule has 1 aromatic heterocycles. The van der Waals surface area contributed by atoms with Crippen molar-refractivity contribution >= 4 is 34.5 Å². The Morgan fingerprint density at radius 3 is 2.67 bits per heavy atom. The fourth-order valence-electron chi connectivity index (χ4n) is 1.88. The van der Waals surface area contributed by atoms with E-state index in [-0.39, 0.29) is 11.1 Å². The van der Waals surface area contributed by atoms with Crippen LogP contribution in [0.5, 0.6) is 0 Å². The highest BCUT2D eigenvalue weighted by molar-refractivity contribution is 6.28. The van der Waals surface area contributed by atoms with E-state index in [1.54, 1.807) is 18.2 Å². The Labute approximate surface area is 125 Å². The summed E-state index contributed by atoms with van der Waals surface area (Å²) in [4.78, 5) is 8.21. The van der Waals surface area contributed by atoms with Crippen molar-refractivity contribution in [2.45, 2.75) is 0 Å². The van der Waals surface area contributed by atoms with Crippen molar-refractivity contribution in [1.29, 1.82) is 0 Å². The van der Waals surface area contributed by atoms with Gasteiger partial charge in [0, 0.05) is 10.9 Å². The first kappa shape index (κ1) is 13.5. The maximum atomic E-state index is 13.5. The minimum Gasteiger partial charge on any atom is -0.261 e. The van der Waals surface area contributed by atoms with Gasteiger partial charge in [0.05, 0.1) is 11.7 Å². The van der Waals surface area contributed by atoms with Gasteiger partial charge in [0.1, 0.15) is 5.82 Å². The summed E-state index contributed by atoms with van der Waals surface area (Å²) in [7, 11) is 0. The number of nitrogens with zero attached hydrogens (tertiary/aromatic N) is 3. The number of hydrogen-bond acceptors (Lipinski definition) is 4. The summed E-state index contributed by atoms with van der Waals surface area (Å²) in [5.74, 6) is 0.131. The predicted molar refractivity (Wildman–Crippen MR) is 82.2 cm³/mol. The first-order valence-electron chi connectivity index (χ1n) is 6.20. The molecule has 0 amide bonds. The van der Waals surface area contributed by atoms with Crippen LogP contribution in [0, 0.1) is 5.82 Å². The normalized spacial score (nSPS) is 11.1. The molecule has 104 valence electrons. The van der Waals surface area contributed by atoms with Gasteiger partial charge < -0.3 is 0 Å². The van der Waals surface area contributed by atoms with Gasteiger partial charge in [0.25, 0.3) is 0 Å². The van der Waals surface area contributed by atoms with Crippen LogP contribution in [0.3, 0.4) is 0 Å². The fourth-order valence-corrected chi connectivity index (χ4v) is 2.05. The van der Waals surface area contributed by atoms with Crippen molar-refractivity contribution in [3.05, 3.63) is 65.2 Å². The molecule has 0 bridgehead atoms. The zero-order valence-corrected chi connectivity index (χ0v) is 11.5. The number of para-hydroxylation sites is 1. The number of fused-ring (bicyclic) bond motifs is 1. The third-order valence-electron chi connectivity index (χ3n) is 2.86. The smallest absolute Gasteiger partial charge is 0.224 e. The highest BCUT2D eigenvalue weighted by Crippen LogP contribution is 2.21. The topological polar surface area (TPSA) is 50.2 Å². The van der Waals surface area contributed by atoms with E-state index in [1.807, 2.05) is 24.3 Å². The average Bonchev–Trinajstić information content (AvgIpc) is 2.49. The van der Waals surface area contributed by atoms with Crippen molar-refractivity contribution in [2.24, 2.45) is 5.10 Å². The van der Waals surface area contributed by atoms with Gasteiger partial charge in [-0.05, 0) is 29.8 Å². The molecule has 4 nitrogen and oxygen atoms in total. The summed E-state index contributed by atoms with van der Waals surface area (Å²) in [6, 6.07) is 13.8. The van der Waals surface area contributed by atoms with Gasteiger partial charge in [-0.1, -0.05) is 30.3 Å². The predicted octanol–water partition coefficient (Wildman–Crippen LogP) is 3.87. The molecule has 0 fully saturated rings. The number of halogens is 2. The van der Waals surface area contributed by atoms with E-state index < -0.39 is 0 Å². The maximum Gasteiger partial charge on any atom is 0.224 e. The highest BCUT2D eigenvalue weighted by Gasteiger charge is 2.05. The number of anilines is 1. The molecule has 3 rings (SSSR count). The Kier molecular flexibility index (Phi) is 3.75. The van der Waals surface area contributed by atoms with Crippen LogP contribution < -0.4 is 5.43 Å². The van der Waals surface area contributed by atoms with Crippen LogP contribution in [0.4, 0.5) is 10.2 Å². The van der Waals surface area contributed by atoms with E-state index in [9.17, 15) is 4.39 Å². The van der Waals surface area contributed by atoms with Crippen molar-refractivity contribution in [3.63, 3.8) is 0 Å². The standard InChI is InChI=1S/C15H10ClFN4/c16-15-19-13-8-4-2-6-11(13)14(20-15)21-18-9-10-5-1-3-7-12(10)17/h1-9H,(H,19,20,21)/b18-9-. The van der Waals surface area contributed by atoms with Gasteiger partial charge in [-0.15, -0.1) is 0 Å². The maximum absolute atomic E-state index is 13.5. The monoisotopic (exact) mass is 300 g/mol. The molecule has 1 N–H and O–H groups in total. The first-order valence-corrected chi connectivity index (χ1v) is 6.58. The quantitative estimate of drug-likeness (QED) is 0.454. The number of hydrazone groups is 1. The van der Waals surface area contributed by atoms with Crippen molar-refractivity contribution in [2.75, 3.05) is 5.43 Å². The summed E-state index contributed by atoms with van der Waals surface area (Å²) < 4.78 is 13.5. The van der Waals surface area contributed by atoms with E-state index >= 15 is 0 Å². The van der Waals surface area contributed by atoms with Crippen LogP contribution in [0.1, 0.15) is 5.56 Å². The second-order valence-electron chi connectivity index (χ2n) is 4.25. The van der Waals surface area contributed by atoms with E-state index in [0.29, 0.717) is 16.9 Å². The van der Waals surface area contributed by atoms with Crippen molar-refractivity contribution < 1.29 is 4.39 Å². The van der Waals surface area contributed by atoms with Crippen LogP contribution >= 0.6 is 11.6 Å². The lowest BCUT2D eigenvalue weighted by Gasteiger charge is -2.04. The van der Waals surface area contributed by atoms with Crippen LogP contribution in [0.15, 0.2) is 53.6 Å². The molecule has 0 unspecified atom stereocenters. The SMILES string of the molecule is Fc1ccccc1/C=N\Nc1nc(Cl)nc2ccccc12. The van der Waals surface area contributed by atoms with Crippen LogP contribution in [-0.4, -0.2) is 16.2 Å². The second kappa shape index (κ2) is 5.85. The molecule has 0 aliphatic carbocycles. The molecule has 0 atom stereocenters. The third-order valence-corrected chi connectivity index (χ3v) is 3.02. The van der Waals surface area contributed by atoms with Gasteiger partial charge in [0.2, 0.25) is 5.28 Å². The third kappa shape index (κ3) is 2.98. The number of nitrogens with one attached hydrogen (secondary N) is 1. The fraction of sp³-hybridized carbons (Fsp3) is 0. The van der Waals surface area contributed by atoms with Crippen LogP contribution in [0.2, 0.25) is 5.28 Å². The summed E-state index contributed by atoms with van der Waals surface area (Å²) in [6.45, 7) is 0. The zero-order valence-electron chi connectivity index (χ0n) is 10.8. The largest absolute Gasteiger partial charge is 0.261 e. The summed E-state index contributed by atoms with van der Waals surface area (Å²) >= 11 is 5.87. The molecule has 2 aromatic carbocycles. The molecule has 0 radical (unpaired) electrons. The molecular weight excluding hydrogens is 291 g/mol. The Morgan fingerprint density at radius 1 is 1.05 bits per heavy atom. The Balaban J connectivity index is 1.90. The first-order chi connectivity index (χ1) is 10.2. The van der Waals surface area contributed by atoms with E-state index in [0.717, 1.165) is 5.39 Å². The number of benzene rings is 2. The Bertz CT molecular complexity index is 820. The molecule has 6 heteroatoms. The lowest BCUT2D eigenvalue weighted by Crippen LogP contribution is -1.97. The van der Waals surface area contributed by atoms with Crippen LogP contribution in [-0.2, 0) is 0 Å². The summed E-state index contributed by atoms with van der Waals surface area (Å²) in [6.07, 6.45) is 1.39. The van der Waals surface area contributed by atoms with Crippen molar-refractivity contribution in [3.8, 4) is 0 Å². The second-order valence-corrected chi connectivity index (χ2v) is 4.59. The lowest BCUT2D eigenvalue weighted by molar-refractivity contribution is 0.626. The Hall–Kier alpha value is -2.53. The lowest BCUT2D eigenvalue weighted by atomic mass is 10.2. The summed E-state index contributed by atoms with van der Waals surface area (Å²) in [5.41, 5.74) is 3.86. The van der Waals surface area contributed by atoms with Crippen LogP contribution in [0.25, 0.3) is 10.9 Å². The average molecular weight is 301 g/mol. The molecule has 1 heterocycles. The molecule has 0 aliphatic rings. The van der Waals surface area contributed by atoms with Gasteiger partial charge >= 0.3 is 0 Å². The van der Waals surface area contributed by atoms with Gasteiger partial charge in [-0.2, -0.15) is 10.1 Å². The number of hydrogen-bond donors (Lipinski definition) is 1. The van der Waals surface area contributed by atoms with Gasteiger partial charge in [-0.25, -0.2) is 9.37 Å². The molecule has 21 heavy (non-hydrogen) atoms. The molecule has 0 saturated carbocycles. The van der Waals surface area contributed by atoms with E-state index in [4.69, 9.17) is 11.6 Å². The minimum absolute atomic E-state index is 0.122. The number of aromatic nitrogens is 2. The molecular formula is C15H10ClFN4. The van der Waals surface area contributed by atoms with Gasteiger partial charge in [0.15, 0.2) is 5.82 Å².